The van der Waals surface area contributed by atoms with Gasteiger partial charge in [-0.05, 0) is 18.9 Å². The summed E-state index contributed by atoms with van der Waals surface area (Å²) >= 11 is 0. The van der Waals surface area contributed by atoms with Gasteiger partial charge in [-0.1, -0.05) is 0 Å². The SMILES string of the molecule is Cn1cc(S(=O)(=O)NC2CCOCC2)cc1CO. The van der Waals surface area contributed by atoms with Gasteiger partial charge in [0.25, 0.3) is 0 Å². The fraction of sp³-hybridized carbons (Fsp3) is 0.636. The molecule has 1 aromatic heterocycles. The lowest BCUT2D eigenvalue weighted by molar-refractivity contribution is 0.0832. The highest BCUT2D eigenvalue weighted by atomic mass is 32.2. The van der Waals surface area contributed by atoms with Gasteiger partial charge >= 0.3 is 0 Å². The summed E-state index contributed by atoms with van der Waals surface area (Å²) in [6, 6.07) is 1.42. The lowest BCUT2D eigenvalue weighted by Crippen LogP contribution is -2.38. The van der Waals surface area contributed by atoms with Crippen molar-refractivity contribution < 1.29 is 18.3 Å². The minimum atomic E-state index is -3.51. The van der Waals surface area contributed by atoms with Crippen LogP contribution in [0.1, 0.15) is 18.5 Å². The highest BCUT2D eigenvalue weighted by Gasteiger charge is 2.23. The van der Waals surface area contributed by atoms with Gasteiger partial charge in [-0.25, -0.2) is 13.1 Å². The van der Waals surface area contributed by atoms with Gasteiger partial charge in [-0.2, -0.15) is 0 Å². The van der Waals surface area contributed by atoms with Crippen molar-refractivity contribution in [2.75, 3.05) is 13.2 Å². The number of rotatable bonds is 4. The Balaban J connectivity index is 2.13. The molecule has 6 nitrogen and oxygen atoms in total. The molecule has 0 saturated carbocycles. The number of nitrogens with one attached hydrogen (secondary N) is 1. The number of nitrogens with zero attached hydrogens (tertiary/aromatic N) is 1. The normalized spacial score (nSPS) is 18.1. The van der Waals surface area contributed by atoms with E-state index in [4.69, 9.17) is 9.84 Å². The van der Waals surface area contributed by atoms with Crippen LogP contribution in [0.3, 0.4) is 0 Å². The van der Waals surface area contributed by atoms with E-state index in [0.717, 1.165) is 0 Å². The molecule has 1 saturated heterocycles. The summed E-state index contributed by atoms with van der Waals surface area (Å²) in [5.74, 6) is 0. The van der Waals surface area contributed by atoms with Gasteiger partial charge in [0, 0.05) is 38.2 Å². The first-order valence-corrected chi connectivity index (χ1v) is 7.37. The third-order valence-electron chi connectivity index (χ3n) is 3.10. The van der Waals surface area contributed by atoms with Gasteiger partial charge in [0.15, 0.2) is 0 Å². The van der Waals surface area contributed by atoms with E-state index in [1.54, 1.807) is 11.6 Å². The zero-order valence-corrected chi connectivity index (χ0v) is 11.1. The smallest absolute Gasteiger partial charge is 0.242 e. The second kappa shape index (κ2) is 5.40. The Kier molecular flexibility index (Phi) is 4.06. The summed E-state index contributed by atoms with van der Waals surface area (Å²) in [5.41, 5.74) is 0.572. The van der Waals surface area contributed by atoms with E-state index in [-0.39, 0.29) is 17.5 Å². The van der Waals surface area contributed by atoms with E-state index in [0.29, 0.717) is 31.7 Å². The average Bonchev–Trinajstić information content (AvgIpc) is 2.72. The second-order valence-corrected chi connectivity index (χ2v) is 6.16. The largest absolute Gasteiger partial charge is 0.390 e. The first-order chi connectivity index (χ1) is 8.53. The molecule has 0 atom stereocenters. The number of ether oxygens (including phenoxy) is 1. The Hall–Kier alpha value is -0.890. The molecule has 0 aromatic carbocycles. The highest BCUT2D eigenvalue weighted by Crippen LogP contribution is 2.16. The number of aliphatic hydroxyl groups is 1. The number of hydrogen-bond donors (Lipinski definition) is 2. The first kappa shape index (κ1) is 13.5. The number of aromatic nitrogens is 1. The van der Waals surface area contributed by atoms with Crippen molar-refractivity contribution in [1.82, 2.24) is 9.29 Å². The summed E-state index contributed by atoms with van der Waals surface area (Å²) in [4.78, 5) is 0.195. The lowest BCUT2D eigenvalue weighted by atomic mass is 10.1. The monoisotopic (exact) mass is 274 g/mol. The Morgan fingerprint density at radius 3 is 2.72 bits per heavy atom. The van der Waals surface area contributed by atoms with Crippen molar-refractivity contribution in [2.24, 2.45) is 7.05 Å². The van der Waals surface area contributed by atoms with E-state index in [2.05, 4.69) is 4.72 Å². The molecule has 2 N–H and O–H groups in total. The third kappa shape index (κ3) is 2.92. The molecular formula is C11H18N2O4S. The number of sulfonamides is 1. The third-order valence-corrected chi connectivity index (χ3v) is 4.59. The predicted octanol–water partition coefficient (Wildman–Crippen LogP) is -0.0253. The summed E-state index contributed by atoms with van der Waals surface area (Å²) < 4.78 is 33.7. The van der Waals surface area contributed by atoms with E-state index in [1.165, 1.54) is 12.3 Å². The van der Waals surface area contributed by atoms with E-state index < -0.39 is 10.0 Å². The minimum Gasteiger partial charge on any atom is -0.390 e. The quantitative estimate of drug-likeness (QED) is 0.808. The van der Waals surface area contributed by atoms with Crippen molar-refractivity contribution in [3.8, 4) is 0 Å². The molecule has 102 valence electrons. The van der Waals surface area contributed by atoms with Gasteiger partial charge in [0.05, 0.1) is 11.5 Å². The van der Waals surface area contributed by atoms with Crippen LogP contribution in [0.15, 0.2) is 17.2 Å². The summed E-state index contributed by atoms with van der Waals surface area (Å²) in [6.07, 6.45) is 2.89. The second-order valence-electron chi connectivity index (χ2n) is 4.44. The molecule has 1 aliphatic heterocycles. The Labute approximate surface area is 107 Å². The first-order valence-electron chi connectivity index (χ1n) is 5.89. The predicted molar refractivity (Wildman–Crippen MR) is 65.5 cm³/mol. The summed E-state index contributed by atoms with van der Waals surface area (Å²) in [5, 5.41) is 9.07. The maximum Gasteiger partial charge on any atom is 0.242 e. The number of hydrogen-bond acceptors (Lipinski definition) is 4. The molecule has 0 radical (unpaired) electrons. The van der Waals surface area contributed by atoms with Crippen LogP contribution in [0.25, 0.3) is 0 Å². The average molecular weight is 274 g/mol. The number of aliphatic hydroxyl groups excluding tert-OH is 1. The van der Waals surface area contributed by atoms with Crippen LogP contribution in [0.2, 0.25) is 0 Å². The summed E-state index contributed by atoms with van der Waals surface area (Å²) in [6.45, 7) is 0.997. The molecule has 0 bridgehead atoms. The fourth-order valence-corrected chi connectivity index (χ4v) is 3.38. The molecule has 7 heteroatoms. The topological polar surface area (TPSA) is 80.6 Å². The van der Waals surface area contributed by atoms with Crippen LogP contribution >= 0.6 is 0 Å². The van der Waals surface area contributed by atoms with Crippen LogP contribution in [0.4, 0.5) is 0 Å². The maximum absolute atomic E-state index is 12.1. The summed E-state index contributed by atoms with van der Waals surface area (Å²) in [7, 11) is -1.80. The van der Waals surface area contributed by atoms with E-state index in [9.17, 15) is 8.42 Å². The zero-order valence-electron chi connectivity index (χ0n) is 10.3. The van der Waals surface area contributed by atoms with Gasteiger partial charge in [0.2, 0.25) is 10.0 Å². The highest BCUT2D eigenvalue weighted by molar-refractivity contribution is 7.89. The van der Waals surface area contributed by atoms with Crippen LogP contribution in [-0.2, 0) is 28.4 Å². The maximum atomic E-state index is 12.1. The molecule has 1 aliphatic rings. The molecule has 1 fully saturated rings. The van der Waals surface area contributed by atoms with Crippen LogP contribution in [0, 0.1) is 0 Å². The van der Waals surface area contributed by atoms with E-state index >= 15 is 0 Å². The van der Waals surface area contributed by atoms with Crippen LogP contribution < -0.4 is 4.72 Å². The van der Waals surface area contributed by atoms with Crippen LogP contribution in [-0.4, -0.2) is 37.3 Å². The molecule has 2 rings (SSSR count). The Morgan fingerprint density at radius 2 is 2.17 bits per heavy atom. The van der Waals surface area contributed by atoms with Crippen LogP contribution in [0.5, 0.6) is 0 Å². The van der Waals surface area contributed by atoms with Gasteiger partial charge in [0.1, 0.15) is 0 Å². The molecule has 2 heterocycles. The Bertz CT molecular complexity index is 503. The standard InChI is InChI=1S/C11H18N2O4S/c1-13-7-11(6-10(13)8-14)18(15,16)12-9-2-4-17-5-3-9/h6-7,9,12,14H,2-5,8H2,1H3. The van der Waals surface area contributed by atoms with Gasteiger partial charge in [-0.15, -0.1) is 0 Å². The molecule has 0 spiro atoms. The van der Waals surface area contributed by atoms with Gasteiger partial charge < -0.3 is 14.4 Å². The molecule has 0 amide bonds. The van der Waals surface area contributed by atoms with Crippen molar-refractivity contribution in [3.05, 3.63) is 18.0 Å². The fourth-order valence-electron chi connectivity index (χ4n) is 1.98. The molecule has 1 aromatic rings. The molecule has 0 aliphatic carbocycles. The van der Waals surface area contributed by atoms with Crippen molar-refractivity contribution in [2.45, 2.75) is 30.4 Å². The van der Waals surface area contributed by atoms with Crippen molar-refractivity contribution >= 4 is 10.0 Å². The minimum absolute atomic E-state index is 0.0680. The molecular weight excluding hydrogens is 256 g/mol. The number of aryl methyl sites for hydroxylation is 1. The van der Waals surface area contributed by atoms with Crippen molar-refractivity contribution in [3.63, 3.8) is 0 Å². The van der Waals surface area contributed by atoms with E-state index in [1.807, 2.05) is 0 Å². The molecule has 18 heavy (non-hydrogen) atoms. The lowest BCUT2D eigenvalue weighted by Gasteiger charge is -2.22. The van der Waals surface area contributed by atoms with Gasteiger partial charge in [-0.3, -0.25) is 0 Å². The van der Waals surface area contributed by atoms with Crippen molar-refractivity contribution in [1.29, 1.82) is 0 Å². The zero-order chi connectivity index (χ0) is 13.2. The Morgan fingerprint density at radius 1 is 1.50 bits per heavy atom. The molecule has 0 unspecified atom stereocenters.